The Morgan fingerprint density at radius 2 is 1.86 bits per heavy atom. The maximum absolute atomic E-state index is 14.2. The first-order valence-corrected chi connectivity index (χ1v) is 6.89. The van der Waals surface area contributed by atoms with E-state index in [0.29, 0.717) is 18.7 Å². The number of piperazine rings is 1. The summed E-state index contributed by atoms with van der Waals surface area (Å²) in [5.41, 5.74) is 7.84. The second-order valence-corrected chi connectivity index (χ2v) is 5.30. The number of hydrogen-bond acceptors (Lipinski definition) is 4. The predicted molar refractivity (Wildman–Crippen MR) is 83.6 cm³/mol. The molecule has 0 bridgehead atoms. The van der Waals surface area contributed by atoms with E-state index < -0.39 is 11.6 Å². The molecule has 21 heavy (non-hydrogen) atoms. The third-order valence-corrected chi connectivity index (χ3v) is 3.34. The number of hydrogen-bond donors (Lipinski definition) is 2. The fourth-order valence-corrected chi connectivity index (χ4v) is 2.21. The average Bonchev–Trinajstić information content (AvgIpc) is 2.40. The van der Waals surface area contributed by atoms with Gasteiger partial charge in [-0.15, -0.1) is 0 Å². The van der Waals surface area contributed by atoms with Crippen molar-refractivity contribution >= 4 is 29.2 Å². The number of likely N-dealkylation sites (N-methyl/N-ethyl adjacent to an activating group) is 1. The molecule has 0 amide bonds. The zero-order valence-corrected chi connectivity index (χ0v) is 12.5. The SMILES string of the molecule is CN1CCN(c2c(F)cc(C=NNC(N)=S)cc2F)CC1. The molecule has 5 nitrogen and oxygen atoms in total. The number of anilines is 1. The van der Waals surface area contributed by atoms with Crippen LogP contribution in [0.3, 0.4) is 0 Å². The molecule has 0 aliphatic carbocycles. The highest BCUT2D eigenvalue weighted by atomic mass is 32.1. The van der Waals surface area contributed by atoms with Crippen molar-refractivity contribution in [2.45, 2.75) is 0 Å². The lowest BCUT2D eigenvalue weighted by Gasteiger charge is -2.34. The minimum Gasteiger partial charge on any atom is -0.375 e. The molecule has 1 aliphatic rings. The van der Waals surface area contributed by atoms with Crippen LogP contribution in [0.4, 0.5) is 14.5 Å². The van der Waals surface area contributed by atoms with Crippen molar-refractivity contribution in [1.29, 1.82) is 0 Å². The minimum atomic E-state index is -0.601. The summed E-state index contributed by atoms with van der Waals surface area (Å²) in [6.07, 6.45) is 1.26. The van der Waals surface area contributed by atoms with Crippen LogP contribution in [0.1, 0.15) is 5.56 Å². The van der Waals surface area contributed by atoms with Crippen LogP contribution in [-0.2, 0) is 0 Å². The lowest BCUT2D eigenvalue weighted by Crippen LogP contribution is -2.45. The van der Waals surface area contributed by atoms with E-state index in [1.807, 2.05) is 7.05 Å². The molecule has 1 heterocycles. The van der Waals surface area contributed by atoms with Gasteiger partial charge in [-0.3, -0.25) is 5.43 Å². The maximum Gasteiger partial charge on any atom is 0.184 e. The topological polar surface area (TPSA) is 56.9 Å². The van der Waals surface area contributed by atoms with E-state index in [0.717, 1.165) is 13.1 Å². The molecule has 114 valence electrons. The largest absolute Gasteiger partial charge is 0.375 e. The Morgan fingerprint density at radius 3 is 2.38 bits per heavy atom. The third-order valence-electron chi connectivity index (χ3n) is 3.25. The van der Waals surface area contributed by atoms with E-state index in [-0.39, 0.29) is 10.8 Å². The van der Waals surface area contributed by atoms with Gasteiger partial charge in [0.1, 0.15) is 17.3 Å². The van der Waals surface area contributed by atoms with Gasteiger partial charge >= 0.3 is 0 Å². The van der Waals surface area contributed by atoms with Crippen molar-refractivity contribution < 1.29 is 8.78 Å². The molecule has 1 fully saturated rings. The summed E-state index contributed by atoms with van der Waals surface area (Å²) in [6.45, 7) is 2.75. The summed E-state index contributed by atoms with van der Waals surface area (Å²) in [7, 11) is 1.98. The molecule has 0 spiro atoms. The van der Waals surface area contributed by atoms with Crippen LogP contribution in [0.15, 0.2) is 17.2 Å². The lowest BCUT2D eigenvalue weighted by atomic mass is 10.1. The lowest BCUT2D eigenvalue weighted by molar-refractivity contribution is 0.310. The van der Waals surface area contributed by atoms with Crippen LogP contribution >= 0.6 is 12.2 Å². The molecule has 0 atom stereocenters. The van der Waals surface area contributed by atoms with Crippen molar-refractivity contribution in [3.63, 3.8) is 0 Å². The molecule has 0 unspecified atom stereocenters. The highest BCUT2D eigenvalue weighted by molar-refractivity contribution is 7.80. The van der Waals surface area contributed by atoms with Crippen LogP contribution in [0.5, 0.6) is 0 Å². The highest BCUT2D eigenvalue weighted by Crippen LogP contribution is 2.25. The first kappa shape index (κ1) is 15.6. The van der Waals surface area contributed by atoms with Gasteiger partial charge in [-0.1, -0.05) is 0 Å². The Morgan fingerprint density at radius 1 is 1.29 bits per heavy atom. The standard InChI is InChI=1S/C13H17F2N5S/c1-19-2-4-20(5-3-19)12-10(14)6-9(7-11(12)15)8-17-18-13(16)21/h6-8H,2-5H2,1H3,(H3,16,18,21). The van der Waals surface area contributed by atoms with Gasteiger partial charge in [0, 0.05) is 31.7 Å². The molecule has 0 radical (unpaired) electrons. The van der Waals surface area contributed by atoms with Gasteiger partial charge in [0.2, 0.25) is 0 Å². The van der Waals surface area contributed by atoms with E-state index in [1.165, 1.54) is 18.3 Å². The number of rotatable bonds is 3. The normalized spacial score (nSPS) is 16.4. The highest BCUT2D eigenvalue weighted by Gasteiger charge is 2.21. The average molecular weight is 313 g/mol. The van der Waals surface area contributed by atoms with Gasteiger partial charge in [0.15, 0.2) is 5.11 Å². The maximum atomic E-state index is 14.2. The number of benzene rings is 1. The Balaban J connectivity index is 2.17. The van der Waals surface area contributed by atoms with Crippen molar-refractivity contribution in [2.24, 2.45) is 10.8 Å². The molecule has 3 N–H and O–H groups in total. The monoisotopic (exact) mass is 313 g/mol. The van der Waals surface area contributed by atoms with E-state index in [1.54, 1.807) is 4.90 Å². The zero-order valence-electron chi connectivity index (χ0n) is 11.6. The first-order chi connectivity index (χ1) is 9.97. The zero-order chi connectivity index (χ0) is 15.4. The molecular formula is C13H17F2N5S. The van der Waals surface area contributed by atoms with Crippen molar-refractivity contribution in [3.05, 3.63) is 29.3 Å². The van der Waals surface area contributed by atoms with Crippen molar-refractivity contribution in [1.82, 2.24) is 10.3 Å². The Labute approximate surface area is 127 Å². The van der Waals surface area contributed by atoms with E-state index in [9.17, 15) is 8.78 Å². The summed E-state index contributed by atoms with van der Waals surface area (Å²) in [5, 5.41) is 3.67. The second-order valence-electron chi connectivity index (χ2n) is 4.86. The first-order valence-electron chi connectivity index (χ1n) is 6.48. The molecule has 0 saturated carbocycles. The molecular weight excluding hydrogens is 296 g/mol. The van der Waals surface area contributed by atoms with E-state index >= 15 is 0 Å². The number of halogens is 2. The smallest absolute Gasteiger partial charge is 0.184 e. The van der Waals surface area contributed by atoms with Gasteiger partial charge in [0.25, 0.3) is 0 Å². The van der Waals surface area contributed by atoms with Crippen LogP contribution < -0.4 is 16.1 Å². The predicted octanol–water partition coefficient (Wildman–Crippen LogP) is 0.884. The Kier molecular flexibility index (Phi) is 5.03. The van der Waals surface area contributed by atoms with Crippen molar-refractivity contribution in [2.75, 3.05) is 38.1 Å². The Hall–Kier alpha value is -1.80. The van der Waals surface area contributed by atoms with Gasteiger partial charge < -0.3 is 15.5 Å². The summed E-state index contributed by atoms with van der Waals surface area (Å²) in [5.74, 6) is -1.20. The fourth-order valence-electron chi connectivity index (χ4n) is 2.16. The van der Waals surface area contributed by atoms with Gasteiger partial charge in [-0.25, -0.2) is 8.78 Å². The molecule has 1 aliphatic heterocycles. The van der Waals surface area contributed by atoms with Crippen molar-refractivity contribution in [3.8, 4) is 0 Å². The third kappa shape index (κ3) is 4.08. The number of thiocarbonyl (C=S) groups is 1. The number of nitrogens with two attached hydrogens (primary N) is 1. The van der Waals surface area contributed by atoms with Gasteiger partial charge in [0.05, 0.1) is 6.21 Å². The molecule has 2 rings (SSSR count). The van der Waals surface area contributed by atoms with Gasteiger partial charge in [-0.05, 0) is 31.4 Å². The van der Waals surface area contributed by atoms with Crippen LogP contribution in [-0.4, -0.2) is 49.5 Å². The van der Waals surface area contributed by atoms with E-state index in [2.05, 4.69) is 27.6 Å². The van der Waals surface area contributed by atoms with Gasteiger partial charge in [-0.2, -0.15) is 5.10 Å². The van der Waals surface area contributed by atoms with E-state index in [4.69, 9.17) is 5.73 Å². The minimum absolute atomic E-state index is 0.0127. The molecule has 8 heteroatoms. The number of nitrogens with zero attached hydrogens (tertiary/aromatic N) is 3. The summed E-state index contributed by atoms with van der Waals surface area (Å²) in [4.78, 5) is 3.84. The molecule has 1 aromatic carbocycles. The van der Waals surface area contributed by atoms with Crippen LogP contribution in [0.2, 0.25) is 0 Å². The fraction of sp³-hybridized carbons (Fsp3) is 0.385. The quantitative estimate of drug-likeness (QED) is 0.493. The Bertz CT molecular complexity index is 532. The van der Waals surface area contributed by atoms with Crippen LogP contribution in [0, 0.1) is 11.6 Å². The molecule has 1 aromatic rings. The summed E-state index contributed by atoms with van der Waals surface area (Å²) >= 11 is 4.57. The number of hydrazone groups is 1. The molecule has 0 aromatic heterocycles. The summed E-state index contributed by atoms with van der Waals surface area (Å²) in [6, 6.07) is 2.48. The molecule has 1 saturated heterocycles. The number of nitrogens with one attached hydrogen (secondary N) is 1. The summed E-state index contributed by atoms with van der Waals surface area (Å²) < 4.78 is 28.3. The second kappa shape index (κ2) is 6.77. The van der Waals surface area contributed by atoms with Crippen LogP contribution in [0.25, 0.3) is 0 Å².